The van der Waals surface area contributed by atoms with Gasteiger partial charge in [-0.1, -0.05) is 36.3 Å². The Bertz CT molecular complexity index is 598. The molecule has 0 unspecified atom stereocenters. The highest BCUT2D eigenvalue weighted by atomic mass is 15.1. The van der Waals surface area contributed by atoms with Gasteiger partial charge in [0.05, 0.1) is 0 Å². The number of fused-ring (bicyclic) bond motifs is 1. The van der Waals surface area contributed by atoms with Crippen molar-refractivity contribution in [1.82, 2.24) is 9.88 Å². The van der Waals surface area contributed by atoms with Gasteiger partial charge in [-0.3, -0.25) is 4.90 Å². The monoisotopic (exact) mass is 262 g/mol. The molecule has 0 fully saturated rings. The zero-order chi connectivity index (χ0) is 13.6. The molecule has 1 aliphatic rings. The van der Waals surface area contributed by atoms with E-state index < -0.39 is 0 Å². The first-order valence-corrected chi connectivity index (χ1v) is 7.11. The fourth-order valence-corrected chi connectivity index (χ4v) is 2.54. The van der Waals surface area contributed by atoms with Crippen molar-refractivity contribution < 1.29 is 0 Å². The van der Waals surface area contributed by atoms with Crippen molar-refractivity contribution in [2.45, 2.75) is 25.9 Å². The molecule has 2 nitrogen and oxygen atoms in total. The molecule has 0 N–H and O–H groups in total. The van der Waals surface area contributed by atoms with Gasteiger partial charge < -0.3 is 0 Å². The van der Waals surface area contributed by atoms with Crippen molar-refractivity contribution >= 4 is 0 Å². The van der Waals surface area contributed by atoms with Gasteiger partial charge in [0.25, 0.3) is 0 Å². The largest absolute Gasteiger partial charge is 0.295 e. The topological polar surface area (TPSA) is 16.1 Å². The lowest BCUT2D eigenvalue weighted by Gasteiger charge is -2.13. The molecule has 20 heavy (non-hydrogen) atoms. The summed E-state index contributed by atoms with van der Waals surface area (Å²) in [6.07, 6.45) is 3.84. The second-order valence-corrected chi connectivity index (χ2v) is 5.10. The predicted octanol–water partition coefficient (Wildman–Crippen LogP) is 3.23. The van der Waals surface area contributed by atoms with Crippen molar-refractivity contribution in [1.29, 1.82) is 0 Å². The molecular formula is C18H18N2. The fourth-order valence-electron chi connectivity index (χ4n) is 2.54. The highest BCUT2D eigenvalue weighted by Gasteiger charge is 2.16. The fraction of sp³-hybridized carbons (Fsp3) is 0.278. The first-order valence-electron chi connectivity index (χ1n) is 7.11. The van der Waals surface area contributed by atoms with E-state index in [2.05, 4.69) is 46.0 Å². The van der Waals surface area contributed by atoms with Gasteiger partial charge in [0.1, 0.15) is 5.69 Å². The van der Waals surface area contributed by atoms with E-state index >= 15 is 0 Å². The van der Waals surface area contributed by atoms with E-state index in [1.54, 1.807) is 6.20 Å². The number of nitrogens with zero attached hydrogens (tertiary/aromatic N) is 2. The maximum Gasteiger partial charge on any atom is 0.113 e. The van der Waals surface area contributed by atoms with E-state index in [4.69, 9.17) is 0 Å². The van der Waals surface area contributed by atoms with Crippen LogP contribution in [-0.4, -0.2) is 16.4 Å². The summed E-state index contributed by atoms with van der Waals surface area (Å²) >= 11 is 0. The normalized spacial score (nSPS) is 13.6. The molecule has 0 aliphatic carbocycles. The van der Waals surface area contributed by atoms with Gasteiger partial charge in [-0.25, -0.2) is 4.98 Å². The van der Waals surface area contributed by atoms with Crippen molar-refractivity contribution in [3.05, 3.63) is 65.5 Å². The SMILES string of the molecule is C(#Cc1ccccn1)CCCN1Cc2ccccc2C1. The van der Waals surface area contributed by atoms with Gasteiger partial charge in [-0.2, -0.15) is 0 Å². The van der Waals surface area contributed by atoms with E-state index in [1.807, 2.05) is 18.2 Å². The standard InChI is InChI=1S/C18H18N2/c1(2-10-18-11-5-6-12-19-18)7-13-20-14-16-8-3-4-9-17(16)15-20/h3-6,8-9,11-12H,1,7,13-15H2. The van der Waals surface area contributed by atoms with E-state index in [9.17, 15) is 0 Å². The van der Waals surface area contributed by atoms with Crippen molar-refractivity contribution in [2.75, 3.05) is 6.54 Å². The Kier molecular flexibility index (Phi) is 4.10. The first kappa shape index (κ1) is 12.9. The van der Waals surface area contributed by atoms with Gasteiger partial charge in [-0.05, 0) is 42.1 Å². The molecular weight excluding hydrogens is 244 g/mol. The highest BCUT2D eigenvalue weighted by Crippen LogP contribution is 2.22. The summed E-state index contributed by atoms with van der Waals surface area (Å²) in [5.74, 6) is 6.32. The highest BCUT2D eigenvalue weighted by molar-refractivity contribution is 5.30. The van der Waals surface area contributed by atoms with E-state index in [-0.39, 0.29) is 0 Å². The summed E-state index contributed by atoms with van der Waals surface area (Å²) in [5, 5.41) is 0. The van der Waals surface area contributed by atoms with Crippen LogP contribution in [0, 0.1) is 11.8 Å². The number of rotatable bonds is 3. The van der Waals surface area contributed by atoms with Crippen LogP contribution in [0.25, 0.3) is 0 Å². The Labute approximate surface area is 120 Å². The molecule has 2 aromatic rings. The lowest BCUT2D eigenvalue weighted by atomic mass is 10.1. The number of unbranched alkanes of at least 4 members (excludes halogenated alkanes) is 1. The van der Waals surface area contributed by atoms with Crippen LogP contribution in [-0.2, 0) is 13.1 Å². The molecule has 2 heteroatoms. The lowest BCUT2D eigenvalue weighted by molar-refractivity contribution is 0.282. The third kappa shape index (κ3) is 3.26. The molecule has 0 saturated carbocycles. The van der Waals surface area contributed by atoms with Crippen LogP contribution in [0.5, 0.6) is 0 Å². The molecule has 0 bridgehead atoms. The Morgan fingerprint density at radius 1 is 1.00 bits per heavy atom. The van der Waals surface area contributed by atoms with Crippen LogP contribution in [0.2, 0.25) is 0 Å². The van der Waals surface area contributed by atoms with Crippen molar-refractivity contribution in [2.24, 2.45) is 0 Å². The van der Waals surface area contributed by atoms with Crippen LogP contribution in [0.4, 0.5) is 0 Å². The molecule has 0 spiro atoms. The second-order valence-electron chi connectivity index (χ2n) is 5.10. The molecule has 2 heterocycles. The number of hydrogen-bond acceptors (Lipinski definition) is 2. The van der Waals surface area contributed by atoms with E-state index in [1.165, 1.54) is 11.1 Å². The van der Waals surface area contributed by atoms with Crippen LogP contribution >= 0.6 is 0 Å². The molecule has 1 aromatic carbocycles. The molecule has 1 aliphatic heterocycles. The summed E-state index contributed by atoms with van der Waals surface area (Å²) in [5.41, 5.74) is 3.82. The zero-order valence-corrected chi connectivity index (χ0v) is 11.5. The van der Waals surface area contributed by atoms with Crippen molar-refractivity contribution in [3.8, 4) is 11.8 Å². The second kappa shape index (κ2) is 6.36. The maximum atomic E-state index is 4.20. The minimum Gasteiger partial charge on any atom is -0.295 e. The van der Waals surface area contributed by atoms with E-state index in [0.717, 1.165) is 38.2 Å². The smallest absolute Gasteiger partial charge is 0.113 e. The zero-order valence-electron chi connectivity index (χ0n) is 11.5. The van der Waals surface area contributed by atoms with E-state index in [0.29, 0.717) is 0 Å². The van der Waals surface area contributed by atoms with Gasteiger partial charge in [0.15, 0.2) is 0 Å². The Morgan fingerprint density at radius 3 is 2.45 bits per heavy atom. The Morgan fingerprint density at radius 2 is 1.75 bits per heavy atom. The maximum absolute atomic E-state index is 4.20. The molecule has 0 saturated heterocycles. The summed E-state index contributed by atoms with van der Waals surface area (Å²) < 4.78 is 0. The Hall–Kier alpha value is -2.11. The number of aromatic nitrogens is 1. The summed E-state index contributed by atoms with van der Waals surface area (Å²) in [7, 11) is 0. The third-order valence-corrected chi connectivity index (χ3v) is 3.56. The van der Waals surface area contributed by atoms with Crippen LogP contribution in [0.1, 0.15) is 29.7 Å². The number of hydrogen-bond donors (Lipinski definition) is 0. The van der Waals surface area contributed by atoms with Crippen molar-refractivity contribution in [3.63, 3.8) is 0 Å². The first-order chi connectivity index (χ1) is 9.92. The average molecular weight is 262 g/mol. The summed E-state index contributed by atoms with van der Waals surface area (Å²) in [6, 6.07) is 14.5. The molecule has 0 atom stereocenters. The minimum atomic E-state index is 0.862. The summed E-state index contributed by atoms with van der Waals surface area (Å²) in [6.45, 7) is 3.29. The molecule has 0 amide bonds. The predicted molar refractivity (Wildman–Crippen MR) is 80.9 cm³/mol. The van der Waals surface area contributed by atoms with Gasteiger partial charge in [0, 0.05) is 25.7 Å². The third-order valence-electron chi connectivity index (χ3n) is 3.56. The number of benzene rings is 1. The number of pyridine rings is 1. The van der Waals surface area contributed by atoms with Gasteiger partial charge >= 0.3 is 0 Å². The molecule has 3 rings (SSSR count). The quantitative estimate of drug-likeness (QED) is 0.623. The summed E-state index contributed by atoms with van der Waals surface area (Å²) in [4.78, 5) is 6.69. The van der Waals surface area contributed by atoms with Gasteiger partial charge in [-0.15, -0.1) is 0 Å². The average Bonchev–Trinajstić information content (AvgIpc) is 2.90. The molecule has 1 aromatic heterocycles. The lowest BCUT2D eigenvalue weighted by Crippen LogP contribution is -2.17. The van der Waals surface area contributed by atoms with Crippen LogP contribution in [0.15, 0.2) is 48.7 Å². The van der Waals surface area contributed by atoms with Crippen LogP contribution in [0.3, 0.4) is 0 Å². The van der Waals surface area contributed by atoms with Gasteiger partial charge in [0.2, 0.25) is 0 Å². The molecule has 100 valence electrons. The Balaban J connectivity index is 1.43. The minimum absolute atomic E-state index is 0.862. The molecule has 0 radical (unpaired) electrons. The van der Waals surface area contributed by atoms with Crippen LogP contribution < -0.4 is 0 Å².